The summed E-state index contributed by atoms with van der Waals surface area (Å²) >= 11 is 0. The second-order valence-electron chi connectivity index (χ2n) is 4.40. The van der Waals surface area contributed by atoms with Crippen molar-refractivity contribution in [3.05, 3.63) is 45.2 Å². The molecule has 0 unspecified atom stereocenters. The van der Waals surface area contributed by atoms with Crippen LogP contribution in [-0.2, 0) is 0 Å². The van der Waals surface area contributed by atoms with E-state index in [-0.39, 0.29) is 17.2 Å². The molecule has 0 amide bonds. The maximum absolute atomic E-state index is 12.2. The minimum Gasteiger partial charge on any atom is -0.504 e. The zero-order valence-electron chi connectivity index (χ0n) is 12.1. The minimum atomic E-state index is -0.915. The van der Waals surface area contributed by atoms with Gasteiger partial charge in [0.25, 0.3) is 5.88 Å². The molecule has 0 saturated carbocycles. The number of ketones is 1. The summed E-state index contributed by atoms with van der Waals surface area (Å²) in [5.74, 6) is -2.74. The molecule has 10 heteroatoms. The predicted molar refractivity (Wildman–Crippen MR) is 77.4 cm³/mol. The number of nitrogens with zero attached hydrogens (tertiary/aromatic N) is 3. The maximum Gasteiger partial charge on any atom is 0.315 e. The number of nitro groups is 1. The lowest BCUT2D eigenvalue weighted by molar-refractivity contribution is -0.386. The number of hydrogen-bond donors (Lipinski definition) is 2. The Labute approximate surface area is 133 Å². The van der Waals surface area contributed by atoms with E-state index in [1.807, 2.05) is 0 Å². The average Bonchev–Trinajstić information content (AvgIpc) is 3.03. The molecule has 0 atom stereocenters. The Bertz CT molecular complexity index is 892. The standard InChI is InChI=1S/C14H9N3O7/c1-23-12-5-11(24-16-12)13(19)8(6-15)2-7-3-9(17(21)22)14(20)10(18)4-7/h2-5,18,20H,1H3/b8-2+. The van der Waals surface area contributed by atoms with Crippen LogP contribution >= 0.6 is 0 Å². The summed E-state index contributed by atoms with van der Waals surface area (Å²) in [4.78, 5) is 22.1. The van der Waals surface area contributed by atoms with E-state index in [9.17, 15) is 25.1 Å². The molecule has 0 spiro atoms. The molecule has 10 nitrogen and oxygen atoms in total. The van der Waals surface area contributed by atoms with Crippen LogP contribution in [0.25, 0.3) is 6.08 Å². The first-order valence-corrected chi connectivity index (χ1v) is 6.25. The second kappa shape index (κ2) is 6.49. The van der Waals surface area contributed by atoms with Crippen molar-refractivity contribution >= 4 is 17.5 Å². The van der Waals surface area contributed by atoms with Gasteiger partial charge < -0.3 is 19.5 Å². The van der Waals surface area contributed by atoms with E-state index in [0.29, 0.717) is 0 Å². The Kier molecular flexibility index (Phi) is 4.46. The number of Topliss-reactive ketones (excluding diaryl/α,β-unsaturated/α-hetero) is 1. The summed E-state index contributed by atoms with van der Waals surface area (Å²) in [6.07, 6.45) is 1.00. The van der Waals surface area contributed by atoms with Crippen molar-refractivity contribution < 1.29 is 29.2 Å². The molecular formula is C14H9N3O7. The number of aromatic nitrogens is 1. The highest BCUT2D eigenvalue weighted by atomic mass is 16.6. The van der Waals surface area contributed by atoms with Gasteiger partial charge in [0.05, 0.1) is 18.1 Å². The van der Waals surface area contributed by atoms with Gasteiger partial charge in [0.2, 0.25) is 17.3 Å². The minimum absolute atomic E-state index is 0.0339. The number of ether oxygens (including phenoxy) is 1. The van der Waals surface area contributed by atoms with Crippen LogP contribution in [-0.4, -0.2) is 33.2 Å². The van der Waals surface area contributed by atoms with E-state index in [2.05, 4.69) is 5.16 Å². The number of rotatable bonds is 5. The van der Waals surface area contributed by atoms with Gasteiger partial charge >= 0.3 is 5.69 Å². The molecule has 2 N–H and O–H groups in total. The number of benzene rings is 1. The fourth-order valence-electron chi connectivity index (χ4n) is 1.76. The highest BCUT2D eigenvalue weighted by Gasteiger charge is 2.21. The highest BCUT2D eigenvalue weighted by Crippen LogP contribution is 2.36. The summed E-state index contributed by atoms with van der Waals surface area (Å²) < 4.78 is 9.48. The second-order valence-corrected chi connectivity index (χ2v) is 4.40. The largest absolute Gasteiger partial charge is 0.504 e. The van der Waals surface area contributed by atoms with Gasteiger partial charge in [0.1, 0.15) is 11.6 Å². The van der Waals surface area contributed by atoms with Gasteiger partial charge in [-0.25, -0.2) is 0 Å². The third-order valence-electron chi connectivity index (χ3n) is 2.89. The van der Waals surface area contributed by atoms with Crippen molar-refractivity contribution in [2.45, 2.75) is 0 Å². The van der Waals surface area contributed by atoms with Crippen LogP contribution < -0.4 is 4.74 Å². The molecule has 0 bridgehead atoms. The smallest absolute Gasteiger partial charge is 0.315 e. The summed E-state index contributed by atoms with van der Waals surface area (Å²) in [6, 6.07) is 4.67. The van der Waals surface area contributed by atoms with Crippen LogP contribution in [0.3, 0.4) is 0 Å². The molecule has 1 heterocycles. The van der Waals surface area contributed by atoms with E-state index in [1.165, 1.54) is 13.2 Å². The van der Waals surface area contributed by atoms with Crippen molar-refractivity contribution in [2.24, 2.45) is 0 Å². The molecule has 0 aliphatic rings. The Balaban J connectivity index is 2.46. The lowest BCUT2D eigenvalue weighted by Gasteiger charge is -2.02. The van der Waals surface area contributed by atoms with Crippen molar-refractivity contribution in [2.75, 3.05) is 7.11 Å². The van der Waals surface area contributed by atoms with Crippen LogP contribution in [0.4, 0.5) is 5.69 Å². The molecule has 0 radical (unpaired) electrons. The number of aromatic hydroxyl groups is 2. The number of carbonyl (C=O) groups is 1. The highest BCUT2D eigenvalue weighted by molar-refractivity contribution is 6.12. The number of phenols is 2. The quantitative estimate of drug-likeness (QED) is 0.208. The SMILES string of the molecule is COc1cc(C(=O)/C(C#N)=C/c2cc(O)c(O)c([N+](=O)[O-])c2)on1. The lowest BCUT2D eigenvalue weighted by atomic mass is 10.1. The third kappa shape index (κ3) is 3.14. The van der Waals surface area contributed by atoms with Crippen LogP contribution in [0.5, 0.6) is 17.4 Å². The molecule has 2 rings (SSSR count). The monoisotopic (exact) mass is 331 g/mol. The Morgan fingerprint density at radius 1 is 1.46 bits per heavy atom. The molecule has 0 saturated heterocycles. The Morgan fingerprint density at radius 3 is 2.71 bits per heavy atom. The fourth-order valence-corrected chi connectivity index (χ4v) is 1.76. The number of allylic oxidation sites excluding steroid dienone is 1. The number of hydrogen-bond acceptors (Lipinski definition) is 9. The van der Waals surface area contributed by atoms with Crippen molar-refractivity contribution in [3.8, 4) is 23.4 Å². The number of methoxy groups -OCH3 is 1. The molecule has 0 fully saturated rings. The normalized spacial score (nSPS) is 10.9. The van der Waals surface area contributed by atoms with E-state index in [0.717, 1.165) is 18.2 Å². The number of nitro benzene ring substituents is 1. The molecule has 1 aromatic heterocycles. The molecular weight excluding hydrogens is 322 g/mol. The third-order valence-corrected chi connectivity index (χ3v) is 2.89. The van der Waals surface area contributed by atoms with Gasteiger partial charge in [-0.1, -0.05) is 0 Å². The Hall–Kier alpha value is -3.87. The van der Waals surface area contributed by atoms with Crippen LogP contribution in [0.15, 0.2) is 28.3 Å². The van der Waals surface area contributed by atoms with Gasteiger partial charge in [-0.15, -0.1) is 0 Å². The van der Waals surface area contributed by atoms with Gasteiger partial charge in [-0.05, 0) is 22.9 Å². The predicted octanol–water partition coefficient (Wildman–Crippen LogP) is 1.79. The van der Waals surface area contributed by atoms with Crippen LogP contribution in [0.1, 0.15) is 16.1 Å². The van der Waals surface area contributed by atoms with E-state index in [1.54, 1.807) is 6.07 Å². The lowest BCUT2D eigenvalue weighted by Crippen LogP contribution is -2.00. The summed E-state index contributed by atoms with van der Waals surface area (Å²) in [6.45, 7) is 0. The van der Waals surface area contributed by atoms with E-state index in [4.69, 9.17) is 14.5 Å². The molecule has 122 valence electrons. The van der Waals surface area contributed by atoms with E-state index < -0.39 is 33.5 Å². The fraction of sp³-hybridized carbons (Fsp3) is 0.0714. The van der Waals surface area contributed by atoms with Crippen LogP contribution in [0, 0.1) is 21.4 Å². The van der Waals surface area contributed by atoms with Crippen molar-refractivity contribution in [3.63, 3.8) is 0 Å². The number of nitriles is 1. The average molecular weight is 331 g/mol. The molecule has 0 aliphatic carbocycles. The molecule has 0 aliphatic heterocycles. The van der Waals surface area contributed by atoms with Crippen LogP contribution in [0.2, 0.25) is 0 Å². The number of carbonyl (C=O) groups excluding carboxylic acids is 1. The topological polar surface area (TPSA) is 160 Å². The first-order valence-electron chi connectivity index (χ1n) is 6.25. The summed E-state index contributed by atoms with van der Waals surface area (Å²) in [5, 5.41) is 42.3. The summed E-state index contributed by atoms with van der Waals surface area (Å²) in [5.41, 5.74) is -1.23. The Morgan fingerprint density at radius 2 is 2.17 bits per heavy atom. The first kappa shape index (κ1) is 16.5. The van der Waals surface area contributed by atoms with Gasteiger partial charge in [0.15, 0.2) is 5.75 Å². The van der Waals surface area contributed by atoms with E-state index >= 15 is 0 Å². The zero-order chi connectivity index (χ0) is 17.9. The molecule has 24 heavy (non-hydrogen) atoms. The molecule has 2 aromatic rings. The number of phenolic OH excluding ortho intramolecular Hbond substituents is 2. The van der Waals surface area contributed by atoms with Gasteiger partial charge in [0, 0.05) is 6.07 Å². The first-order chi connectivity index (χ1) is 11.4. The zero-order valence-corrected chi connectivity index (χ0v) is 12.1. The van der Waals surface area contributed by atoms with Crippen molar-refractivity contribution in [1.29, 1.82) is 5.26 Å². The summed E-state index contributed by atoms with van der Waals surface area (Å²) in [7, 11) is 1.31. The van der Waals surface area contributed by atoms with Gasteiger partial charge in [-0.3, -0.25) is 14.9 Å². The van der Waals surface area contributed by atoms with Crippen molar-refractivity contribution in [1.82, 2.24) is 5.16 Å². The molecule has 1 aromatic carbocycles. The van der Waals surface area contributed by atoms with Gasteiger partial charge in [-0.2, -0.15) is 5.26 Å². The maximum atomic E-state index is 12.2.